The third kappa shape index (κ3) is 4.75. The van der Waals surface area contributed by atoms with Gasteiger partial charge in [-0.2, -0.15) is 0 Å². The van der Waals surface area contributed by atoms with Crippen molar-refractivity contribution in [3.63, 3.8) is 0 Å². The molecule has 1 aromatic rings. The Morgan fingerprint density at radius 3 is 2.56 bits per heavy atom. The van der Waals surface area contributed by atoms with Gasteiger partial charge in [0.15, 0.2) is 0 Å². The van der Waals surface area contributed by atoms with Crippen molar-refractivity contribution in [1.29, 1.82) is 0 Å². The first-order valence-corrected chi connectivity index (χ1v) is 5.48. The van der Waals surface area contributed by atoms with Gasteiger partial charge in [-0.3, -0.25) is 14.9 Å². The molecule has 96 valence electrons. The van der Waals surface area contributed by atoms with Crippen LogP contribution in [0.15, 0.2) is 36.4 Å². The summed E-state index contributed by atoms with van der Waals surface area (Å²) in [5, 5.41) is 13.1. The molecule has 6 nitrogen and oxygen atoms in total. The standard InChI is InChI=1S/C12H15N3O3/c13-7-1-2-8-14-12(16)9-10-3-5-11(6-4-10)15(17)18/h1-6H,7-9,13H2,(H,14,16)/b2-1+. The van der Waals surface area contributed by atoms with Crippen LogP contribution in [0.4, 0.5) is 5.69 Å². The van der Waals surface area contributed by atoms with Crippen molar-refractivity contribution in [2.45, 2.75) is 6.42 Å². The van der Waals surface area contributed by atoms with Crippen LogP contribution < -0.4 is 11.1 Å². The highest BCUT2D eigenvalue weighted by Gasteiger charge is 2.06. The zero-order chi connectivity index (χ0) is 13.4. The van der Waals surface area contributed by atoms with E-state index in [9.17, 15) is 14.9 Å². The van der Waals surface area contributed by atoms with E-state index in [1.54, 1.807) is 24.3 Å². The molecule has 0 aromatic heterocycles. The summed E-state index contributed by atoms with van der Waals surface area (Å²) in [5.41, 5.74) is 6.01. The van der Waals surface area contributed by atoms with Crippen LogP contribution in [0.2, 0.25) is 0 Å². The predicted molar refractivity (Wildman–Crippen MR) is 68.0 cm³/mol. The van der Waals surface area contributed by atoms with Crippen LogP contribution in [0.3, 0.4) is 0 Å². The molecule has 3 N–H and O–H groups in total. The molecule has 6 heteroatoms. The van der Waals surface area contributed by atoms with Crippen molar-refractivity contribution in [2.75, 3.05) is 13.1 Å². The van der Waals surface area contributed by atoms with Gasteiger partial charge in [-0.15, -0.1) is 0 Å². The summed E-state index contributed by atoms with van der Waals surface area (Å²) in [7, 11) is 0. The summed E-state index contributed by atoms with van der Waals surface area (Å²) >= 11 is 0. The van der Waals surface area contributed by atoms with Crippen LogP contribution in [0.5, 0.6) is 0 Å². The van der Waals surface area contributed by atoms with E-state index in [0.717, 1.165) is 5.56 Å². The van der Waals surface area contributed by atoms with E-state index in [4.69, 9.17) is 5.73 Å². The molecule has 0 aliphatic carbocycles. The number of carbonyl (C=O) groups excluding carboxylic acids is 1. The van der Waals surface area contributed by atoms with E-state index in [1.165, 1.54) is 12.1 Å². The quantitative estimate of drug-likeness (QED) is 0.442. The summed E-state index contributed by atoms with van der Waals surface area (Å²) in [6, 6.07) is 5.93. The third-order valence-corrected chi connectivity index (χ3v) is 2.23. The summed E-state index contributed by atoms with van der Waals surface area (Å²) < 4.78 is 0. The maximum absolute atomic E-state index is 11.5. The number of carbonyl (C=O) groups is 1. The van der Waals surface area contributed by atoms with Crippen LogP contribution in [0, 0.1) is 10.1 Å². The van der Waals surface area contributed by atoms with Gasteiger partial charge in [0.2, 0.25) is 5.91 Å². The number of rotatable bonds is 6. The van der Waals surface area contributed by atoms with Gasteiger partial charge in [0.05, 0.1) is 11.3 Å². The SMILES string of the molecule is NC/C=C/CNC(=O)Cc1ccc([N+](=O)[O-])cc1. The van der Waals surface area contributed by atoms with Gasteiger partial charge in [-0.25, -0.2) is 0 Å². The molecule has 0 bridgehead atoms. The van der Waals surface area contributed by atoms with Crippen molar-refractivity contribution >= 4 is 11.6 Å². The highest BCUT2D eigenvalue weighted by molar-refractivity contribution is 5.78. The number of hydrogen-bond donors (Lipinski definition) is 2. The average molecular weight is 249 g/mol. The second kappa shape index (κ2) is 7.18. The number of benzene rings is 1. The number of non-ortho nitro benzene ring substituents is 1. The normalized spacial score (nSPS) is 10.5. The Kier molecular flexibility index (Phi) is 5.53. The van der Waals surface area contributed by atoms with Crippen LogP contribution in [0.1, 0.15) is 5.56 Å². The lowest BCUT2D eigenvalue weighted by molar-refractivity contribution is -0.384. The number of nitro groups is 1. The Bertz CT molecular complexity index is 440. The molecule has 1 amide bonds. The van der Waals surface area contributed by atoms with E-state index in [1.807, 2.05) is 0 Å². The monoisotopic (exact) mass is 249 g/mol. The Hall–Kier alpha value is -2.21. The Morgan fingerprint density at radius 1 is 1.33 bits per heavy atom. The minimum atomic E-state index is -0.471. The number of nitro benzene ring substituents is 1. The molecule has 18 heavy (non-hydrogen) atoms. The van der Waals surface area contributed by atoms with E-state index < -0.39 is 4.92 Å². The molecule has 0 saturated carbocycles. The zero-order valence-corrected chi connectivity index (χ0v) is 9.83. The van der Waals surface area contributed by atoms with Gasteiger partial charge in [0.25, 0.3) is 5.69 Å². The Morgan fingerprint density at radius 2 is 2.00 bits per heavy atom. The summed E-state index contributed by atoms with van der Waals surface area (Å²) in [5.74, 6) is -0.134. The molecule has 0 saturated heterocycles. The predicted octanol–water partition coefficient (Wildman–Crippen LogP) is 0.768. The van der Waals surface area contributed by atoms with Gasteiger partial charge in [0.1, 0.15) is 0 Å². The second-order valence-corrected chi connectivity index (χ2v) is 3.61. The fourth-order valence-corrected chi connectivity index (χ4v) is 1.34. The first kappa shape index (κ1) is 13.9. The van der Waals surface area contributed by atoms with E-state index in [2.05, 4.69) is 5.32 Å². The minimum absolute atomic E-state index is 0.0186. The van der Waals surface area contributed by atoms with Crippen LogP contribution in [0.25, 0.3) is 0 Å². The summed E-state index contributed by atoms with van der Waals surface area (Å²) in [6.07, 6.45) is 3.73. The van der Waals surface area contributed by atoms with E-state index >= 15 is 0 Å². The highest BCUT2D eigenvalue weighted by Crippen LogP contribution is 2.12. The third-order valence-electron chi connectivity index (χ3n) is 2.23. The van der Waals surface area contributed by atoms with Crippen molar-refractivity contribution in [3.8, 4) is 0 Å². The molecule has 0 unspecified atom stereocenters. The maximum atomic E-state index is 11.5. The largest absolute Gasteiger partial charge is 0.352 e. The number of nitrogens with two attached hydrogens (primary N) is 1. The zero-order valence-electron chi connectivity index (χ0n) is 9.83. The number of hydrogen-bond acceptors (Lipinski definition) is 4. The maximum Gasteiger partial charge on any atom is 0.269 e. The lowest BCUT2D eigenvalue weighted by atomic mass is 10.1. The second-order valence-electron chi connectivity index (χ2n) is 3.61. The topological polar surface area (TPSA) is 98.3 Å². The van der Waals surface area contributed by atoms with Crippen molar-refractivity contribution in [2.24, 2.45) is 5.73 Å². The molecule has 1 rings (SSSR count). The van der Waals surface area contributed by atoms with Gasteiger partial charge in [-0.1, -0.05) is 24.3 Å². The molecular weight excluding hydrogens is 234 g/mol. The Balaban J connectivity index is 2.44. The fraction of sp³-hybridized carbons (Fsp3) is 0.250. The summed E-state index contributed by atoms with van der Waals surface area (Å²) in [6.45, 7) is 0.876. The minimum Gasteiger partial charge on any atom is -0.352 e. The van der Waals surface area contributed by atoms with Gasteiger partial charge in [0, 0.05) is 25.2 Å². The van der Waals surface area contributed by atoms with Gasteiger partial charge >= 0.3 is 0 Å². The molecule has 0 spiro atoms. The number of nitrogens with zero attached hydrogens (tertiary/aromatic N) is 1. The summed E-state index contributed by atoms with van der Waals surface area (Å²) in [4.78, 5) is 21.5. The Labute approximate surface area is 105 Å². The first-order valence-electron chi connectivity index (χ1n) is 5.48. The molecule has 1 aromatic carbocycles. The van der Waals surface area contributed by atoms with Gasteiger partial charge < -0.3 is 11.1 Å². The highest BCUT2D eigenvalue weighted by atomic mass is 16.6. The lowest BCUT2D eigenvalue weighted by Gasteiger charge is -2.02. The number of nitrogens with one attached hydrogen (secondary N) is 1. The van der Waals surface area contributed by atoms with Crippen molar-refractivity contribution < 1.29 is 9.72 Å². The molecule has 0 heterocycles. The van der Waals surface area contributed by atoms with Crippen LogP contribution in [-0.2, 0) is 11.2 Å². The molecule has 0 radical (unpaired) electrons. The molecule has 0 atom stereocenters. The van der Waals surface area contributed by atoms with Crippen LogP contribution in [-0.4, -0.2) is 23.9 Å². The number of amides is 1. The molecule has 0 aliphatic heterocycles. The van der Waals surface area contributed by atoms with Crippen molar-refractivity contribution in [3.05, 3.63) is 52.1 Å². The van der Waals surface area contributed by atoms with E-state index in [0.29, 0.717) is 13.1 Å². The fourth-order valence-electron chi connectivity index (χ4n) is 1.34. The lowest BCUT2D eigenvalue weighted by Crippen LogP contribution is -2.25. The average Bonchev–Trinajstić information content (AvgIpc) is 2.35. The van der Waals surface area contributed by atoms with E-state index in [-0.39, 0.29) is 18.0 Å². The molecule has 0 aliphatic rings. The smallest absolute Gasteiger partial charge is 0.269 e. The van der Waals surface area contributed by atoms with Gasteiger partial charge in [-0.05, 0) is 5.56 Å². The van der Waals surface area contributed by atoms with Crippen LogP contribution >= 0.6 is 0 Å². The van der Waals surface area contributed by atoms with Crippen molar-refractivity contribution in [1.82, 2.24) is 5.32 Å². The first-order chi connectivity index (χ1) is 8.63. The molecular formula is C12H15N3O3. The molecule has 0 fully saturated rings.